The molecule has 2 N–H and O–H groups in total. The van der Waals surface area contributed by atoms with E-state index in [0.717, 1.165) is 0 Å². The number of rotatable bonds is 3. The van der Waals surface area contributed by atoms with Crippen LogP contribution in [0, 0.1) is 0 Å². The van der Waals surface area contributed by atoms with Crippen LogP contribution in [0.1, 0.15) is 1.43 Å². The Bertz CT molecular complexity index is 1010. The molecular formula is C16H13N2NaO4S. The number of phenols is 1. The molecule has 0 unspecified atom stereocenters. The van der Waals surface area contributed by atoms with Gasteiger partial charge in [0, 0.05) is 5.39 Å². The third kappa shape index (κ3) is 4.00. The summed E-state index contributed by atoms with van der Waals surface area (Å²) in [4.78, 5) is -0.221. The first-order chi connectivity index (χ1) is 10.9. The Morgan fingerprint density at radius 2 is 1.62 bits per heavy atom. The van der Waals surface area contributed by atoms with Crippen molar-refractivity contribution in [2.75, 3.05) is 0 Å². The van der Waals surface area contributed by atoms with Crippen LogP contribution in [0.15, 0.2) is 75.8 Å². The zero-order valence-electron chi connectivity index (χ0n) is 13.8. The minimum absolute atomic E-state index is 0. The normalized spacial score (nSPS) is 11.5. The fourth-order valence-corrected chi connectivity index (χ4v) is 2.66. The molecule has 0 atom stereocenters. The van der Waals surface area contributed by atoms with E-state index in [1.54, 1.807) is 18.2 Å². The van der Waals surface area contributed by atoms with Gasteiger partial charge in [-0.2, -0.15) is 13.5 Å². The Morgan fingerprint density at radius 3 is 2.29 bits per heavy atom. The van der Waals surface area contributed by atoms with Crippen molar-refractivity contribution >= 4 is 32.3 Å². The van der Waals surface area contributed by atoms with Crippen LogP contribution < -0.4 is 29.6 Å². The fourth-order valence-electron chi connectivity index (χ4n) is 2.15. The molecule has 3 aromatic rings. The van der Waals surface area contributed by atoms with Crippen molar-refractivity contribution in [3.05, 3.63) is 60.7 Å². The number of nitrogens with zero attached hydrogens (tertiary/aromatic N) is 2. The number of hydrogen-bond acceptors (Lipinski definition) is 5. The Kier molecular flexibility index (Phi) is 5.74. The van der Waals surface area contributed by atoms with Gasteiger partial charge < -0.3 is 6.53 Å². The van der Waals surface area contributed by atoms with Gasteiger partial charge in [0.25, 0.3) is 10.1 Å². The maximum Gasteiger partial charge on any atom is 1.00 e. The summed E-state index contributed by atoms with van der Waals surface area (Å²) in [7, 11) is -4.29. The van der Waals surface area contributed by atoms with Crippen LogP contribution in [-0.4, -0.2) is 18.1 Å². The molecule has 6 nitrogen and oxygen atoms in total. The summed E-state index contributed by atoms with van der Waals surface area (Å²) in [5, 5.41) is 19.1. The van der Waals surface area contributed by atoms with Gasteiger partial charge >= 0.3 is 29.6 Å². The van der Waals surface area contributed by atoms with Gasteiger partial charge in [0.2, 0.25) is 0 Å². The van der Waals surface area contributed by atoms with Gasteiger partial charge in [-0.3, -0.25) is 4.55 Å². The summed E-state index contributed by atoms with van der Waals surface area (Å²) >= 11 is 0. The molecule has 0 amide bonds. The van der Waals surface area contributed by atoms with Gasteiger partial charge in [0.05, 0.1) is 10.6 Å². The van der Waals surface area contributed by atoms with Gasteiger partial charge in [-0.1, -0.05) is 30.3 Å². The zero-order chi connectivity index (χ0) is 16.4. The standard InChI is InChI=1S/C16H12N2O4S.Na.H/c19-15-9-6-11-10-13(23(20,21)22)7-8-14(11)16(15)18-17-12-4-2-1-3-5-12;;/h1-10,19H,(H,20,21,22);;/q;+1;-1. The monoisotopic (exact) mass is 352 g/mol. The molecular weight excluding hydrogens is 339 g/mol. The first-order valence-electron chi connectivity index (χ1n) is 6.65. The second-order valence-corrected chi connectivity index (χ2v) is 6.25. The molecule has 0 aliphatic heterocycles. The largest absolute Gasteiger partial charge is 1.00 e. The molecule has 0 aliphatic carbocycles. The summed E-state index contributed by atoms with van der Waals surface area (Å²) in [5.41, 5.74) is 0.853. The maximum atomic E-state index is 11.2. The molecule has 0 spiro atoms. The Morgan fingerprint density at radius 1 is 0.917 bits per heavy atom. The maximum absolute atomic E-state index is 11.2. The third-order valence-electron chi connectivity index (χ3n) is 3.26. The van der Waals surface area contributed by atoms with E-state index in [2.05, 4.69) is 10.2 Å². The van der Waals surface area contributed by atoms with Crippen LogP contribution in [0.5, 0.6) is 5.75 Å². The van der Waals surface area contributed by atoms with Crippen LogP contribution >= 0.6 is 0 Å². The second kappa shape index (κ2) is 7.42. The Balaban J connectivity index is 0.00000156. The average molecular weight is 352 g/mol. The molecule has 118 valence electrons. The Labute approximate surface area is 162 Å². The van der Waals surface area contributed by atoms with Crippen molar-refractivity contribution in [1.29, 1.82) is 0 Å². The van der Waals surface area contributed by atoms with Crippen molar-refractivity contribution < 1.29 is 49.1 Å². The number of hydrogen-bond donors (Lipinski definition) is 2. The van der Waals surface area contributed by atoms with Crippen molar-refractivity contribution in [2.45, 2.75) is 4.90 Å². The molecule has 3 aromatic carbocycles. The molecule has 0 aliphatic rings. The number of azo groups is 1. The van der Waals surface area contributed by atoms with E-state index in [0.29, 0.717) is 16.5 Å². The van der Waals surface area contributed by atoms with Gasteiger partial charge in [0.15, 0.2) is 0 Å². The smallest absolute Gasteiger partial charge is 1.00 e. The van der Waals surface area contributed by atoms with Crippen molar-refractivity contribution in [2.24, 2.45) is 10.2 Å². The van der Waals surface area contributed by atoms with Crippen molar-refractivity contribution in [3.63, 3.8) is 0 Å². The molecule has 0 saturated heterocycles. The van der Waals surface area contributed by atoms with Crippen LogP contribution in [-0.2, 0) is 10.1 Å². The van der Waals surface area contributed by atoms with Crippen LogP contribution in [0.25, 0.3) is 10.8 Å². The van der Waals surface area contributed by atoms with Crippen molar-refractivity contribution in [3.8, 4) is 5.75 Å². The van der Waals surface area contributed by atoms with Gasteiger partial charge in [-0.15, -0.1) is 5.11 Å². The molecule has 3 rings (SSSR count). The van der Waals surface area contributed by atoms with E-state index >= 15 is 0 Å². The number of benzene rings is 3. The second-order valence-electron chi connectivity index (χ2n) is 4.83. The molecule has 0 heterocycles. The number of phenolic OH excluding ortho intramolecular Hbond substituents is 1. The van der Waals surface area contributed by atoms with E-state index in [1.165, 1.54) is 24.3 Å². The van der Waals surface area contributed by atoms with E-state index in [-0.39, 0.29) is 47.3 Å². The van der Waals surface area contributed by atoms with E-state index in [9.17, 15) is 13.5 Å². The fraction of sp³-hybridized carbons (Fsp3) is 0. The molecule has 24 heavy (non-hydrogen) atoms. The predicted octanol–water partition coefficient (Wildman–Crippen LogP) is 1.32. The van der Waals surface area contributed by atoms with Crippen LogP contribution in [0.3, 0.4) is 0 Å². The van der Waals surface area contributed by atoms with Crippen molar-refractivity contribution in [1.82, 2.24) is 0 Å². The first kappa shape index (κ1) is 18.6. The zero-order valence-corrected chi connectivity index (χ0v) is 15.6. The summed E-state index contributed by atoms with van der Waals surface area (Å²) in [6, 6.07) is 16.0. The van der Waals surface area contributed by atoms with Gasteiger partial charge in [0.1, 0.15) is 11.4 Å². The summed E-state index contributed by atoms with van der Waals surface area (Å²) in [6.07, 6.45) is 0. The number of aromatic hydroxyl groups is 1. The molecule has 0 saturated carbocycles. The SMILES string of the molecule is O=S(=O)(O)c1ccc2c(N=Nc3ccccc3)c(O)ccc2c1.[H-].[Na+]. The molecule has 0 bridgehead atoms. The average Bonchev–Trinajstić information content (AvgIpc) is 2.53. The summed E-state index contributed by atoms with van der Waals surface area (Å²) in [5.74, 6) is -0.0724. The van der Waals surface area contributed by atoms with E-state index in [4.69, 9.17) is 4.55 Å². The summed E-state index contributed by atoms with van der Waals surface area (Å²) in [6.45, 7) is 0. The van der Waals surface area contributed by atoms with Crippen LogP contribution in [0.4, 0.5) is 11.4 Å². The van der Waals surface area contributed by atoms with Crippen LogP contribution in [0.2, 0.25) is 0 Å². The molecule has 0 aromatic heterocycles. The quantitative estimate of drug-likeness (QED) is 0.422. The first-order valence-corrected chi connectivity index (χ1v) is 8.09. The predicted molar refractivity (Wildman–Crippen MR) is 87.2 cm³/mol. The summed E-state index contributed by atoms with van der Waals surface area (Å²) < 4.78 is 31.5. The molecule has 0 radical (unpaired) electrons. The third-order valence-corrected chi connectivity index (χ3v) is 4.11. The van der Waals surface area contributed by atoms with Gasteiger partial charge in [-0.05, 0) is 35.7 Å². The molecule has 0 fully saturated rings. The van der Waals surface area contributed by atoms with E-state index < -0.39 is 10.1 Å². The molecule has 8 heteroatoms. The Hall–Kier alpha value is -1.77. The van der Waals surface area contributed by atoms with Gasteiger partial charge in [-0.25, -0.2) is 0 Å². The van der Waals surface area contributed by atoms with E-state index in [1.807, 2.05) is 18.2 Å². The minimum atomic E-state index is -4.29. The minimum Gasteiger partial charge on any atom is -1.00 e. The topological polar surface area (TPSA) is 99.3 Å². The number of fused-ring (bicyclic) bond motifs is 1.